The molecule has 38 heavy (non-hydrogen) atoms. The molecule has 0 aliphatic carbocycles. The molecule has 1 aliphatic heterocycles. The van der Waals surface area contributed by atoms with E-state index in [0.717, 1.165) is 23.0 Å². The summed E-state index contributed by atoms with van der Waals surface area (Å²) in [5, 5.41) is 6.11. The Morgan fingerprint density at radius 2 is 1.89 bits per heavy atom. The molecular weight excluding hydrogens is 491 g/mol. The molecule has 2 aromatic carbocycles. The van der Waals surface area contributed by atoms with Crippen LogP contribution in [0.3, 0.4) is 0 Å². The molecule has 2 amide bonds. The molecule has 0 N–H and O–H groups in total. The fourth-order valence-corrected chi connectivity index (χ4v) is 4.49. The van der Waals surface area contributed by atoms with Crippen molar-refractivity contribution in [3.05, 3.63) is 83.4 Å². The highest BCUT2D eigenvalue weighted by Gasteiger charge is 2.37. The average Bonchev–Trinajstić information content (AvgIpc) is 3.56. The molecule has 200 valence electrons. The number of carbonyl (C=O) groups is 2. The van der Waals surface area contributed by atoms with Gasteiger partial charge in [-0.1, -0.05) is 6.07 Å². The zero-order valence-electron chi connectivity index (χ0n) is 21.9. The smallest absolute Gasteiger partial charge is 0.262 e. The first-order valence-corrected chi connectivity index (χ1v) is 12.1. The highest BCUT2D eigenvalue weighted by atomic mass is 19.1. The number of benzene rings is 2. The van der Waals surface area contributed by atoms with Crippen molar-refractivity contribution in [2.45, 2.75) is 12.5 Å². The second-order valence-corrected chi connectivity index (χ2v) is 8.85. The number of amides is 2. The van der Waals surface area contributed by atoms with E-state index in [1.807, 2.05) is 36.0 Å². The molecule has 0 bridgehead atoms. The fraction of sp³-hybridized carbons (Fsp3) is 0.321. The SMILES string of the molecule is COCCN(CC(=O)N1N=C(c2cccn2C)CC1c1cc(OC)ccc1OC)C(=O)c1cccc(F)c1. The van der Waals surface area contributed by atoms with E-state index in [4.69, 9.17) is 19.3 Å². The first-order valence-electron chi connectivity index (χ1n) is 12.1. The van der Waals surface area contributed by atoms with Gasteiger partial charge in [0.05, 0.1) is 38.3 Å². The van der Waals surface area contributed by atoms with Crippen molar-refractivity contribution in [2.75, 3.05) is 41.0 Å². The van der Waals surface area contributed by atoms with Crippen molar-refractivity contribution in [1.29, 1.82) is 0 Å². The van der Waals surface area contributed by atoms with Crippen LogP contribution in [-0.2, 0) is 16.6 Å². The Morgan fingerprint density at radius 1 is 1.08 bits per heavy atom. The summed E-state index contributed by atoms with van der Waals surface area (Å²) in [5.74, 6) is -0.205. The maximum absolute atomic E-state index is 13.8. The lowest BCUT2D eigenvalue weighted by atomic mass is 9.99. The maximum atomic E-state index is 13.8. The molecule has 2 heterocycles. The van der Waals surface area contributed by atoms with Gasteiger partial charge in [-0.15, -0.1) is 0 Å². The van der Waals surface area contributed by atoms with Crippen LogP contribution < -0.4 is 9.47 Å². The number of aromatic nitrogens is 1. The zero-order chi connectivity index (χ0) is 27.2. The second kappa shape index (κ2) is 11.9. The molecule has 0 spiro atoms. The van der Waals surface area contributed by atoms with Crippen molar-refractivity contribution in [3.63, 3.8) is 0 Å². The summed E-state index contributed by atoms with van der Waals surface area (Å²) in [7, 11) is 6.55. The Hall–Kier alpha value is -4.18. The summed E-state index contributed by atoms with van der Waals surface area (Å²) >= 11 is 0. The van der Waals surface area contributed by atoms with Gasteiger partial charge in [0, 0.05) is 44.4 Å². The number of halogens is 1. The van der Waals surface area contributed by atoms with Crippen LogP contribution in [0.25, 0.3) is 0 Å². The van der Waals surface area contributed by atoms with Crippen LogP contribution in [0.2, 0.25) is 0 Å². The Bertz CT molecular complexity index is 1340. The molecule has 10 heteroatoms. The summed E-state index contributed by atoms with van der Waals surface area (Å²) in [5.41, 5.74) is 2.47. The predicted octanol–water partition coefficient (Wildman–Crippen LogP) is 3.65. The Balaban J connectivity index is 1.69. The maximum Gasteiger partial charge on any atom is 0.262 e. The van der Waals surface area contributed by atoms with Gasteiger partial charge in [0.15, 0.2) is 0 Å². The molecule has 3 aromatic rings. The average molecular weight is 523 g/mol. The highest BCUT2D eigenvalue weighted by molar-refractivity contribution is 6.03. The number of nitrogens with zero attached hydrogens (tertiary/aromatic N) is 4. The summed E-state index contributed by atoms with van der Waals surface area (Å²) < 4.78 is 32.0. The van der Waals surface area contributed by atoms with Crippen LogP contribution in [0.4, 0.5) is 4.39 Å². The van der Waals surface area contributed by atoms with E-state index in [2.05, 4.69) is 0 Å². The molecule has 4 rings (SSSR count). The largest absolute Gasteiger partial charge is 0.497 e. The Labute approximate surface area is 221 Å². The van der Waals surface area contributed by atoms with Gasteiger partial charge in [0.2, 0.25) is 0 Å². The normalized spacial score (nSPS) is 14.8. The van der Waals surface area contributed by atoms with E-state index in [9.17, 15) is 14.0 Å². The van der Waals surface area contributed by atoms with Crippen molar-refractivity contribution in [2.24, 2.45) is 12.1 Å². The molecule has 1 aromatic heterocycles. The lowest BCUT2D eigenvalue weighted by Gasteiger charge is -2.27. The lowest BCUT2D eigenvalue weighted by Crippen LogP contribution is -2.42. The van der Waals surface area contributed by atoms with Gasteiger partial charge in [0.25, 0.3) is 11.8 Å². The van der Waals surface area contributed by atoms with Gasteiger partial charge >= 0.3 is 0 Å². The van der Waals surface area contributed by atoms with E-state index in [1.165, 1.54) is 35.2 Å². The van der Waals surface area contributed by atoms with Crippen molar-refractivity contribution < 1.29 is 28.2 Å². The van der Waals surface area contributed by atoms with E-state index < -0.39 is 23.7 Å². The molecule has 9 nitrogen and oxygen atoms in total. The summed E-state index contributed by atoms with van der Waals surface area (Å²) in [6.07, 6.45) is 2.34. The topological polar surface area (TPSA) is 85.6 Å². The number of hydrazone groups is 1. The molecule has 1 atom stereocenters. The summed E-state index contributed by atoms with van der Waals surface area (Å²) in [6, 6.07) is 14.1. The molecule has 0 fully saturated rings. The quantitative estimate of drug-likeness (QED) is 0.406. The zero-order valence-corrected chi connectivity index (χ0v) is 21.9. The summed E-state index contributed by atoms with van der Waals surface area (Å²) in [6.45, 7) is 0.0811. The first kappa shape index (κ1) is 26.9. The van der Waals surface area contributed by atoms with E-state index in [1.54, 1.807) is 26.4 Å². The number of aryl methyl sites for hydroxylation is 1. The number of rotatable bonds is 10. The number of methoxy groups -OCH3 is 3. The highest BCUT2D eigenvalue weighted by Crippen LogP contribution is 2.39. The molecular formula is C28H31FN4O5. The number of hydrogen-bond acceptors (Lipinski definition) is 6. The second-order valence-electron chi connectivity index (χ2n) is 8.85. The molecule has 0 saturated carbocycles. The summed E-state index contributed by atoms with van der Waals surface area (Å²) in [4.78, 5) is 28.4. The van der Waals surface area contributed by atoms with Crippen LogP contribution in [-0.4, -0.2) is 73.0 Å². The van der Waals surface area contributed by atoms with E-state index in [0.29, 0.717) is 17.9 Å². The number of ether oxygens (including phenoxy) is 3. The molecule has 0 radical (unpaired) electrons. The third-order valence-electron chi connectivity index (χ3n) is 6.45. The monoisotopic (exact) mass is 522 g/mol. The van der Waals surface area contributed by atoms with Crippen molar-refractivity contribution >= 4 is 17.5 Å². The minimum Gasteiger partial charge on any atom is -0.497 e. The Kier molecular flexibility index (Phi) is 8.42. The van der Waals surface area contributed by atoms with E-state index >= 15 is 0 Å². The van der Waals surface area contributed by atoms with Gasteiger partial charge in [-0.05, 0) is 48.5 Å². The minimum absolute atomic E-state index is 0.146. The first-order chi connectivity index (χ1) is 18.4. The third-order valence-corrected chi connectivity index (χ3v) is 6.45. The van der Waals surface area contributed by atoms with Gasteiger partial charge in [-0.25, -0.2) is 9.40 Å². The molecule has 1 unspecified atom stereocenters. The molecule has 0 saturated heterocycles. The third kappa shape index (κ3) is 5.70. The van der Waals surface area contributed by atoms with Gasteiger partial charge in [-0.3, -0.25) is 9.59 Å². The van der Waals surface area contributed by atoms with Gasteiger partial charge in [0.1, 0.15) is 23.9 Å². The van der Waals surface area contributed by atoms with Crippen LogP contribution in [0.15, 0.2) is 65.9 Å². The van der Waals surface area contributed by atoms with Crippen LogP contribution >= 0.6 is 0 Å². The standard InChI is InChI=1S/C28H31FN4O5/c1-31-12-6-9-24(31)23-17-25(22-16-21(37-3)10-11-26(22)38-4)33(30-23)27(34)18-32(13-14-36-2)28(35)19-7-5-8-20(29)15-19/h5-12,15-16,25H,13-14,17-18H2,1-4H3. The molecule has 1 aliphatic rings. The minimum atomic E-state index is -0.532. The van der Waals surface area contributed by atoms with Crippen molar-refractivity contribution in [1.82, 2.24) is 14.5 Å². The van der Waals surface area contributed by atoms with Crippen LogP contribution in [0.5, 0.6) is 11.5 Å². The van der Waals surface area contributed by atoms with Gasteiger partial charge < -0.3 is 23.7 Å². The fourth-order valence-electron chi connectivity index (χ4n) is 4.49. The number of hydrogen-bond donors (Lipinski definition) is 0. The number of carbonyl (C=O) groups excluding carboxylic acids is 2. The Morgan fingerprint density at radius 3 is 2.55 bits per heavy atom. The van der Waals surface area contributed by atoms with E-state index in [-0.39, 0.29) is 25.3 Å². The van der Waals surface area contributed by atoms with Crippen LogP contribution in [0, 0.1) is 5.82 Å². The predicted molar refractivity (Wildman–Crippen MR) is 140 cm³/mol. The van der Waals surface area contributed by atoms with Gasteiger partial charge in [-0.2, -0.15) is 5.10 Å². The lowest BCUT2D eigenvalue weighted by molar-refractivity contribution is -0.133. The van der Waals surface area contributed by atoms with Crippen molar-refractivity contribution in [3.8, 4) is 11.5 Å². The van der Waals surface area contributed by atoms with Crippen LogP contribution in [0.1, 0.15) is 34.1 Å².